The highest BCUT2D eigenvalue weighted by molar-refractivity contribution is 7.92. The first-order valence-corrected chi connectivity index (χ1v) is 10.9. The fourth-order valence-electron chi connectivity index (χ4n) is 3.45. The molecule has 150 valence electrons. The quantitative estimate of drug-likeness (QED) is 0.693. The molecule has 0 bridgehead atoms. The Balaban J connectivity index is 2.06. The first-order valence-electron chi connectivity index (χ1n) is 9.06. The standard InChI is InChI=1S/C20H23ClN2O4S/c1-13-11-18-15(12-16(13)21)20(22-10-6-5-9-19(24)25)14-7-3-4-8-17(14)23(2)28(18,26)27/h3-4,7-8,11-12,20,22H,5-6,9-10H2,1-2H3,(H,24,25). The summed E-state index contributed by atoms with van der Waals surface area (Å²) in [7, 11) is -2.18. The van der Waals surface area contributed by atoms with Crippen molar-refractivity contribution < 1.29 is 18.3 Å². The molecular weight excluding hydrogens is 400 g/mol. The third-order valence-electron chi connectivity index (χ3n) is 4.99. The lowest BCUT2D eigenvalue weighted by Gasteiger charge is -2.22. The van der Waals surface area contributed by atoms with E-state index in [1.807, 2.05) is 18.2 Å². The number of rotatable bonds is 6. The van der Waals surface area contributed by atoms with Gasteiger partial charge >= 0.3 is 5.97 Å². The normalized spacial score (nSPS) is 17.5. The summed E-state index contributed by atoms with van der Waals surface area (Å²) in [5.74, 6) is -0.819. The number of aliphatic carboxylic acids is 1. The second-order valence-electron chi connectivity index (χ2n) is 6.91. The Kier molecular flexibility index (Phi) is 5.98. The third-order valence-corrected chi connectivity index (χ3v) is 7.23. The number of carboxylic acids is 1. The van der Waals surface area contributed by atoms with Crippen LogP contribution in [0.5, 0.6) is 0 Å². The van der Waals surface area contributed by atoms with Gasteiger partial charge in [0.2, 0.25) is 0 Å². The Labute approximate surface area is 170 Å². The molecule has 2 aromatic carbocycles. The van der Waals surface area contributed by atoms with Crippen LogP contribution in [0, 0.1) is 6.92 Å². The van der Waals surface area contributed by atoms with E-state index in [9.17, 15) is 13.2 Å². The molecule has 3 rings (SSSR count). The van der Waals surface area contributed by atoms with Crippen LogP contribution in [0.15, 0.2) is 41.3 Å². The number of anilines is 1. The van der Waals surface area contributed by atoms with E-state index in [-0.39, 0.29) is 17.4 Å². The van der Waals surface area contributed by atoms with Crippen LogP contribution in [0.4, 0.5) is 5.69 Å². The van der Waals surface area contributed by atoms with Crippen LogP contribution in [-0.4, -0.2) is 33.1 Å². The van der Waals surface area contributed by atoms with Crippen molar-refractivity contribution in [3.63, 3.8) is 0 Å². The van der Waals surface area contributed by atoms with Gasteiger partial charge in [-0.15, -0.1) is 0 Å². The number of sulfonamides is 1. The first kappa shape index (κ1) is 20.6. The SMILES string of the molecule is Cc1cc2c(cc1Cl)C(NCCCCC(=O)O)c1ccccc1N(C)S2(=O)=O. The van der Waals surface area contributed by atoms with Crippen LogP contribution >= 0.6 is 11.6 Å². The molecule has 1 aliphatic rings. The lowest BCUT2D eigenvalue weighted by molar-refractivity contribution is -0.137. The van der Waals surface area contributed by atoms with Crippen molar-refractivity contribution in [2.24, 2.45) is 0 Å². The van der Waals surface area contributed by atoms with E-state index in [1.54, 1.807) is 32.2 Å². The molecule has 8 heteroatoms. The summed E-state index contributed by atoms with van der Waals surface area (Å²) in [6.07, 6.45) is 1.33. The highest BCUT2D eigenvalue weighted by Gasteiger charge is 2.35. The lowest BCUT2D eigenvalue weighted by Crippen LogP contribution is -2.26. The summed E-state index contributed by atoms with van der Waals surface area (Å²) in [6, 6.07) is 10.3. The van der Waals surface area contributed by atoms with E-state index in [0.29, 0.717) is 41.2 Å². The molecule has 0 amide bonds. The monoisotopic (exact) mass is 422 g/mol. The molecule has 1 atom stereocenters. The van der Waals surface area contributed by atoms with Crippen molar-refractivity contribution >= 4 is 33.3 Å². The van der Waals surface area contributed by atoms with Crippen molar-refractivity contribution in [2.45, 2.75) is 37.1 Å². The highest BCUT2D eigenvalue weighted by Crippen LogP contribution is 2.41. The Morgan fingerprint density at radius 2 is 1.93 bits per heavy atom. The number of para-hydroxylation sites is 1. The molecule has 0 aromatic heterocycles. The second kappa shape index (κ2) is 8.11. The summed E-state index contributed by atoms with van der Waals surface area (Å²) in [4.78, 5) is 10.9. The molecule has 6 nitrogen and oxygen atoms in total. The molecule has 2 aromatic rings. The third kappa shape index (κ3) is 3.87. The van der Waals surface area contributed by atoms with Crippen molar-refractivity contribution in [3.05, 3.63) is 58.1 Å². The fourth-order valence-corrected chi connectivity index (χ4v) is 5.14. The average molecular weight is 423 g/mol. The first-order chi connectivity index (χ1) is 13.2. The van der Waals surface area contributed by atoms with Crippen molar-refractivity contribution in [1.82, 2.24) is 5.32 Å². The molecule has 1 aliphatic heterocycles. The van der Waals surface area contributed by atoms with E-state index >= 15 is 0 Å². The van der Waals surface area contributed by atoms with Gasteiger partial charge in [0.15, 0.2) is 0 Å². The zero-order valence-corrected chi connectivity index (χ0v) is 17.3. The van der Waals surface area contributed by atoms with Gasteiger partial charge in [-0.25, -0.2) is 8.42 Å². The number of halogens is 1. The van der Waals surface area contributed by atoms with Gasteiger partial charge in [0.25, 0.3) is 10.0 Å². The van der Waals surface area contributed by atoms with Crippen LogP contribution in [0.1, 0.15) is 42.0 Å². The Morgan fingerprint density at radius 1 is 1.21 bits per heavy atom. The number of nitrogens with zero attached hydrogens (tertiary/aromatic N) is 1. The molecule has 0 saturated heterocycles. The molecule has 2 N–H and O–H groups in total. The molecule has 0 spiro atoms. The maximum atomic E-state index is 13.2. The van der Waals surface area contributed by atoms with Crippen molar-refractivity contribution in [1.29, 1.82) is 0 Å². The van der Waals surface area contributed by atoms with E-state index in [2.05, 4.69) is 5.32 Å². The largest absolute Gasteiger partial charge is 0.481 e. The Morgan fingerprint density at radius 3 is 2.64 bits per heavy atom. The molecule has 1 heterocycles. The van der Waals surface area contributed by atoms with E-state index in [1.165, 1.54) is 4.31 Å². The number of unbranched alkanes of at least 4 members (excludes halogenated alkanes) is 1. The van der Waals surface area contributed by atoms with Gasteiger partial charge in [0.05, 0.1) is 16.6 Å². The number of aryl methyl sites for hydroxylation is 1. The number of fused-ring (bicyclic) bond motifs is 2. The van der Waals surface area contributed by atoms with Crippen LogP contribution < -0.4 is 9.62 Å². The van der Waals surface area contributed by atoms with Crippen LogP contribution in [-0.2, 0) is 14.8 Å². The van der Waals surface area contributed by atoms with Crippen LogP contribution in [0.2, 0.25) is 5.02 Å². The van der Waals surface area contributed by atoms with Gasteiger partial charge in [-0.1, -0.05) is 29.8 Å². The fraction of sp³-hybridized carbons (Fsp3) is 0.350. The zero-order valence-electron chi connectivity index (χ0n) is 15.8. The van der Waals surface area contributed by atoms with Gasteiger partial charge in [0, 0.05) is 18.5 Å². The number of hydrogen-bond acceptors (Lipinski definition) is 4. The number of benzene rings is 2. The summed E-state index contributed by atoms with van der Waals surface area (Å²) >= 11 is 6.34. The minimum Gasteiger partial charge on any atom is -0.481 e. The topological polar surface area (TPSA) is 86.7 Å². The average Bonchev–Trinajstić information content (AvgIpc) is 2.71. The lowest BCUT2D eigenvalue weighted by atomic mass is 9.96. The zero-order chi connectivity index (χ0) is 20.5. The van der Waals surface area contributed by atoms with Crippen LogP contribution in [0.25, 0.3) is 0 Å². The van der Waals surface area contributed by atoms with Crippen molar-refractivity contribution in [2.75, 3.05) is 17.9 Å². The van der Waals surface area contributed by atoms with Gasteiger partial charge in [0.1, 0.15) is 0 Å². The molecule has 28 heavy (non-hydrogen) atoms. The van der Waals surface area contributed by atoms with Gasteiger partial charge in [-0.2, -0.15) is 0 Å². The van der Waals surface area contributed by atoms with Gasteiger partial charge < -0.3 is 10.4 Å². The van der Waals surface area contributed by atoms with E-state index in [4.69, 9.17) is 16.7 Å². The summed E-state index contributed by atoms with van der Waals surface area (Å²) in [5, 5.41) is 12.7. The van der Waals surface area contributed by atoms with E-state index in [0.717, 1.165) is 5.56 Å². The molecule has 0 radical (unpaired) electrons. The Bertz CT molecular complexity index is 1010. The second-order valence-corrected chi connectivity index (χ2v) is 9.25. The van der Waals surface area contributed by atoms with Gasteiger partial charge in [-0.3, -0.25) is 9.10 Å². The van der Waals surface area contributed by atoms with Crippen molar-refractivity contribution in [3.8, 4) is 0 Å². The highest BCUT2D eigenvalue weighted by atomic mass is 35.5. The molecule has 0 fully saturated rings. The molecule has 0 aliphatic carbocycles. The number of carbonyl (C=O) groups is 1. The predicted octanol–water partition coefficient (Wildman–Crippen LogP) is 3.72. The molecule has 1 unspecified atom stereocenters. The number of nitrogens with one attached hydrogen (secondary N) is 1. The van der Waals surface area contributed by atoms with Gasteiger partial charge in [-0.05, 0) is 61.2 Å². The Hall–Kier alpha value is -2.09. The maximum Gasteiger partial charge on any atom is 0.303 e. The van der Waals surface area contributed by atoms with E-state index < -0.39 is 16.0 Å². The molecular formula is C20H23ClN2O4S. The van der Waals surface area contributed by atoms with Crippen LogP contribution in [0.3, 0.4) is 0 Å². The number of carboxylic acid groups (broad SMARTS) is 1. The minimum absolute atomic E-state index is 0.113. The molecule has 0 saturated carbocycles. The number of hydrogen-bond donors (Lipinski definition) is 2. The smallest absolute Gasteiger partial charge is 0.303 e. The summed E-state index contributed by atoms with van der Waals surface area (Å²) < 4.78 is 27.8. The summed E-state index contributed by atoms with van der Waals surface area (Å²) in [5.41, 5.74) is 2.75. The summed E-state index contributed by atoms with van der Waals surface area (Å²) in [6.45, 7) is 2.34. The maximum absolute atomic E-state index is 13.2. The minimum atomic E-state index is -3.73. The predicted molar refractivity (Wildman–Crippen MR) is 110 cm³/mol.